The zero-order valence-corrected chi connectivity index (χ0v) is 16.6. The van der Waals surface area contributed by atoms with Gasteiger partial charge in [-0.05, 0) is 59.3 Å². The maximum Gasteiger partial charge on any atom is 0.340 e. The van der Waals surface area contributed by atoms with Gasteiger partial charge in [-0.3, -0.25) is 4.79 Å². The van der Waals surface area contributed by atoms with Crippen LogP contribution >= 0.6 is 27.5 Å². The summed E-state index contributed by atoms with van der Waals surface area (Å²) in [6, 6.07) is 10.1. The maximum absolute atomic E-state index is 12.3. The molecular weight excluding hydrogens is 448 g/mol. The summed E-state index contributed by atoms with van der Waals surface area (Å²) in [5.41, 5.74) is 0.377. The molecule has 26 heavy (non-hydrogen) atoms. The number of primary sulfonamides is 1. The van der Waals surface area contributed by atoms with Crippen LogP contribution in [0.1, 0.15) is 17.3 Å². The summed E-state index contributed by atoms with van der Waals surface area (Å²) in [7, 11) is -3.99. The molecule has 0 radical (unpaired) electrons. The molecule has 0 aliphatic rings. The van der Waals surface area contributed by atoms with Crippen molar-refractivity contribution in [3.63, 3.8) is 0 Å². The lowest BCUT2D eigenvalue weighted by atomic mass is 10.2. The number of nitrogens with one attached hydrogen (secondary N) is 1. The van der Waals surface area contributed by atoms with E-state index in [1.807, 2.05) is 0 Å². The van der Waals surface area contributed by atoms with Crippen molar-refractivity contribution >= 4 is 55.1 Å². The van der Waals surface area contributed by atoms with Crippen molar-refractivity contribution in [2.45, 2.75) is 17.9 Å². The number of esters is 1. The zero-order chi connectivity index (χ0) is 19.5. The first-order valence-electron chi connectivity index (χ1n) is 7.17. The predicted octanol–water partition coefficient (Wildman–Crippen LogP) is 2.93. The van der Waals surface area contributed by atoms with Gasteiger partial charge in [-0.2, -0.15) is 0 Å². The third-order valence-electron chi connectivity index (χ3n) is 3.23. The van der Waals surface area contributed by atoms with Crippen molar-refractivity contribution in [1.82, 2.24) is 0 Å². The molecule has 0 aliphatic carbocycles. The minimum Gasteiger partial charge on any atom is -0.449 e. The van der Waals surface area contributed by atoms with Gasteiger partial charge in [0.05, 0.1) is 10.5 Å². The summed E-state index contributed by atoms with van der Waals surface area (Å²) < 4.78 is 28.2. The second-order valence-electron chi connectivity index (χ2n) is 5.23. The van der Waals surface area contributed by atoms with E-state index in [1.54, 1.807) is 24.3 Å². The Kier molecular flexibility index (Phi) is 6.40. The molecule has 2 aromatic carbocycles. The Morgan fingerprint density at radius 2 is 1.92 bits per heavy atom. The van der Waals surface area contributed by atoms with Crippen LogP contribution in [-0.2, 0) is 19.6 Å². The van der Waals surface area contributed by atoms with Crippen molar-refractivity contribution < 1.29 is 22.7 Å². The van der Waals surface area contributed by atoms with Crippen molar-refractivity contribution in [3.8, 4) is 0 Å². The number of carbonyl (C=O) groups excluding carboxylic acids is 2. The minimum atomic E-state index is -3.99. The first-order valence-corrected chi connectivity index (χ1v) is 9.89. The number of sulfonamides is 1. The highest BCUT2D eigenvalue weighted by Crippen LogP contribution is 2.22. The van der Waals surface area contributed by atoms with Crippen LogP contribution in [0.25, 0.3) is 0 Å². The number of carbonyl (C=O) groups is 2. The van der Waals surface area contributed by atoms with Gasteiger partial charge >= 0.3 is 5.97 Å². The Morgan fingerprint density at radius 1 is 1.23 bits per heavy atom. The Labute approximate surface area is 163 Å². The van der Waals surface area contributed by atoms with E-state index < -0.39 is 28.0 Å². The fraction of sp³-hybridized carbons (Fsp3) is 0.125. The average molecular weight is 462 g/mol. The number of hydrogen-bond donors (Lipinski definition) is 2. The van der Waals surface area contributed by atoms with Gasteiger partial charge in [0, 0.05) is 15.2 Å². The van der Waals surface area contributed by atoms with Gasteiger partial charge in [0.25, 0.3) is 5.91 Å². The summed E-state index contributed by atoms with van der Waals surface area (Å²) in [6.07, 6.45) is -1.13. The van der Waals surface area contributed by atoms with Crippen LogP contribution in [0, 0.1) is 0 Å². The molecule has 0 fully saturated rings. The maximum atomic E-state index is 12.3. The summed E-state index contributed by atoms with van der Waals surface area (Å²) in [4.78, 5) is 24.2. The van der Waals surface area contributed by atoms with E-state index in [1.165, 1.54) is 19.1 Å². The minimum absolute atomic E-state index is 0.0704. The number of rotatable bonds is 5. The van der Waals surface area contributed by atoms with Crippen LogP contribution in [0.15, 0.2) is 51.8 Å². The van der Waals surface area contributed by atoms with Gasteiger partial charge in [0.15, 0.2) is 6.10 Å². The SMILES string of the molecule is CC(OC(=O)c1cc(S(N)(=O)=O)ccc1Br)C(=O)Nc1cccc(Cl)c1. The molecule has 138 valence electrons. The monoisotopic (exact) mass is 460 g/mol. The molecule has 0 spiro atoms. The third-order valence-corrected chi connectivity index (χ3v) is 5.07. The lowest BCUT2D eigenvalue weighted by Gasteiger charge is -2.14. The molecule has 0 saturated heterocycles. The molecule has 2 rings (SSSR count). The molecule has 0 saturated carbocycles. The Hall–Kier alpha value is -1.94. The number of ether oxygens (including phenoxy) is 1. The fourth-order valence-corrected chi connectivity index (χ4v) is 3.06. The summed E-state index contributed by atoms with van der Waals surface area (Å²) >= 11 is 8.97. The van der Waals surface area contributed by atoms with Crippen molar-refractivity contribution in [1.29, 1.82) is 0 Å². The summed E-state index contributed by atoms with van der Waals surface area (Å²) in [5, 5.41) is 8.06. The zero-order valence-electron chi connectivity index (χ0n) is 13.4. The van der Waals surface area contributed by atoms with Gasteiger partial charge in [0.2, 0.25) is 10.0 Å². The van der Waals surface area contributed by atoms with E-state index in [0.717, 1.165) is 6.07 Å². The number of hydrogen-bond acceptors (Lipinski definition) is 5. The Bertz CT molecular complexity index is 965. The van der Waals surface area contributed by atoms with Gasteiger partial charge in [-0.1, -0.05) is 17.7 Å². The van der Waals surface area contributed by atoms with Crippen molar-refractivity contribution in [3.05, 3.63) is 57.5 Å². The molecule has 0 heterocycles. The molecular formula is C16H14BrClN2O5S. The normalized spacial score (nSPS) is 12.3. The van der Waals surface area contributed by atoms with E-state index in [2.05, 4.69) is 21.2 Å². The second kappa shape index (κ2) is 8.17. The van der Waals surface area contributed by atoms with Crippen LogP contribution < -0.4 is 10.5 Å². The van der Waals surface area contributed by atoms with E-state index in [4.69, 9.17) is 21.5 Å². The molecule has 10 heteroatoms. The molecule has 7 nitrogen and oxygen atoms in total. The van der Waals surface area contributed by atoms with Crippen LogP contribution in [0.3, 0.4) is 0 Å². The fourth-order valence-electron chi connectivity index (χ4n) is 1.93. The average Bonchev–Trinajstić information content (AvgIpc) is 2.53. The number of nitrogens with two attached hydrogens (primary N) is 1. The molecule has 1 unspecified atom stereocenters. The summed E-state index contributed by atoms with van der Waals surface area (Å²) in [5.74, 6) is -1.45. The van der Waals surface area contributed by atoms with Crippen LogP contribution in [0.4, 0.5) is 5.69 Å². The highest BCUT2D eigenvalue weighted by Gasteiger charge is 2.22. The van der Waals surface area contributed by atoms with E-state index >= 15 is 0 Å². The quantitative estimate of drug-likeness (QED) is 0.664. The number of amides is 1. The molecule has 2 aromatic rings. The van der Waals surface area contributed by atoms with Crippen LogP contribution in [0.5, 0.6) is 0 Å². The van der Waals surface area contributed by atoms with Gasteiger partial charge in [-0.25, -0.2) is 18.4 Å². The van der Waals surface area contributed by atoms with Crippen molar-refractivity contribution in [2.24, 2.45) is 5.14 Å². The first kappa shape index (κ1) is 20.4. The summed E-state index contributed by atoms with van der Waals surface area (Å²) in [6.45, 7) is 1.38. The Balaban J connectivity index is 2.12. The Morgan fingerprint density at radius 3 is 2.54 bits per heavy atom. The predicted molar refractivity (Wildman–Crippen MR) is 100 cm³/mol. The first-order chi connectivity index (χ1) is 12.1. The standard InChI is InChI=1S/C16H14BrClN2O5S/c1-9(15(21)20-11-4-2-3-10(18)7-11)25-16(22)13-8-12(26(19,23)24)5-6-14(13)17/h2-9H,1H3,(H,20,21)(H2,19,23,24). The smallest absolute Gasteiger partial charge is 0.340 e. The lowest BCUT2D eigenvalue weighted by Crippen LogP contribution is -2.30. The number of halogens is 2. The molecule has 3 N–H and O–H groups in total. The highest BCUT2D eigenvalue weighted by molar-refractivity contribution is 9.10. The molecule has 1 amide bonds. The molecule has 0 aromatic heterocycles. The molecule has 0 aliphatic heterocycles. The third kappa shape index (κ3) is 5.28. The number of benzene rings is 2. The van der Waals surface area contributed by atoms with E-state index in [0.29, 0.717) is 15.2 Å². The van der Waals surface area contributed by atoms with Gasteiger partial charge < -0.3 is 10.1 Å². The molecule has 1 atom stereocenters. The number of anilines is 1. The van der Waals surface area contributed by atoms with Crippen LogP contribution in [-0.4, -0.2) is 26.4 Å². The van der Waals surface area contributed by atoms with E-state index in [-0.39, 0.29) is 10.5 Å². The van der Waals surface area contributed by atoms with E-state index in [9.17, 15) is 18.0 Å². The van der Waals surface area contributed by atoms with Crippen LogP contribution in [0.2, 0.25) is 5.02 Å². The molecule has 0 bridgehead atoms. The highest BCUT2D eigenvalue weighted by atomic mass is 79.9. The van der Waals surface area contributed by atoms with Crippen molar-refractivity contribution in [2.75, 3.05) is 5.32 Å². The van der Waals surface area contributed by atoms with Gasteiger partial charge in [-0.15, -0.1) is 0 Å². The largest absolute Gasteiger partial charge is 0.449 e. The topological polar surface area (TPSA) is 116 Å². The second-order valence-corrected chi connectivity index (χ2v) is 8.09. The van der Waals surface area contributed by atoms with Gasteiger partial charge in [0.1, 0.15) is 0 Å². The lowest BCUT2D eigenvalue weighted by molar-refractivity contribution is -0.123.